The van der Waals surface area contributed by atoms with Crippen molar-refractivity contribution in [3.63, 3.8) is 0 Å². The fraction of sp³-hybridized carbons (Fsp3) is 0.875. The van der Waals surface area contributed by atoms with E-state index in [1.165, 1.54) is 0 Å². The van der Waals surface area contributed by atoms with Gasteiger partial charge in [-0.25, -0.2) is 0 Å². The molecule has 3 nitrogen and oxygen atoms in total. The Bertz CT molecular complexity index is 146. The fourth-order valence-electron chi connectivity index (χ4n) is 0.923. The summed E-state index contributed by atoms with van der Waals surface area (Å²) in [5.74, 6) is 0.984. The van der Waals surface area contributed by atoms with Gasteiger partial charge in [-0.15, -0.1) is 12.4 Å². The number of amides is 1. The molecule has 1 heterocycles. The molecule has 2 N–H and O–H groups in total. The molecule has 1 aliphatic heterocycles. The Morgan fingerprint density at radius 2 is 2.17 bits per heavy atom. The van der Waals surface area contributed by atoms with E-state index in [4.69, 9.17) is 0 Å². The maximum absolute atomic E-state index is 11.2. The van der Waals surface area contributed by atoms with Crippen LogP contribution in [0.4, 0.5) is 0 Å². The van der Waals surface area contributed by atoms with Crippen molar-refractivity contribution in [1.29, 1.82) is 0 Å². The number of carbonyl (C=O) groups is 1. The molecule has 4 heteroatoms. The lowest BCUT2D eigenvalue weighted by Crippen LogP contribution is -2.51. The lowest BCUT2D eigenvalue weighted by atomic mass is 10.0. The first-order valence-electron chi connectivity index (χ1n) is 4.18. The highest BCUT2D eigenvalue weighted by Crippen LogP contribution is 2.02. The molecule has 1 fully saturated rings. The first-order chi connectivity index (χ1) is 5.20. The molecule has 0 radical (unpaired) electrons. The predicted octanol–water partition coefficient (Wildman–Crippen LogP) is 0.400. The van der Waals surface area contributed by atoms with E-state index in [9.17, 15) is 4.79 Å². The highest BCUT2D eigenvalue weighted by atomic mass is 35.5. The summed E-state index contributed by atoms with van der Waals surface area (Å²) >= 11 is 0. The quantitative estimate of drug-likeness (QED) is 0.680. The zero-order valence-corrected chi connectivity index (χ0v) is 8.41. The van der Waals surface area contributed by atoms with Gasteiger partial charge >= 0.3 is 0 Å². The van der Waals surface area contributed by atoms with Crippen LogP contribution < -0.4 is 10.6 Å². The van der Waals surface area contributed by atoms with Gasteiger partial charge in [-0.05, 0) is 5.92 Å². The number of halogens is 1. The van der Waals surface area contributed by atoms with E-state index in [0.29, 0.717) is 5.92 Å². The number of nitrogens with one attached hydrogen (secondary N) is 2. The molecular formula is C8H17ClN2O. The third kappa shape index (κ3) is 3.41. The number of rotatable bonds is 3. The monoisotopic (exact) mass is 192 g/mol. The summed E-state index contributed by atoms with van der Waals surface area (Å²) in [6, 6.07) is 0. The molecule has 0 aromatic rings. The topological polar surface area (TPSA) is 41.1 Å². The van der Waals surface area contributed by atoms with Gasteiger partial charge in [0.1, 0.15) is 0 Å². The second-order valence-corrected chi connectivity index (χ2v) is 3.49. The minimum Gasteiger partial charge on any atom is -0.356 e. The van der Waals surface area contributed by atoms with E-state index in [-0.39, 0.29) is 24.2 Å². The largest absolute Gasteiger partial charge is 0.356 e. The van der Waals surface area contributed by atoms with E-state index < -0.39 is 0 Å². The second kappa shape index (κ2) is 5.38. The molecule has 0 saturated carbocycles. The van der Waals surface area contributed by atoms with Crippen molar-refractivity contribution < 1.29 is 4.79 Å². The minimum absolute atomic E-state index is 0. The smallest absolute Gasteiger partial charge is 0.225 e. The summed E-state index contributed by atoms with van der Waals surface area (Å²) in [6.45, 7) is 6.70. The zero-order chi connectivity index (χ0) is 8.27. The summed E-state index contributed by atoms with van der Waals surface area (Å²) in [7, 11) is 0. The molecule has 1 rings (SSSR count). The van der Waals surface area contributed by atoms with Crippen LogP contribution in [0.25, 0.3) is 0 Å². The van der Waals surface area contributed by atoms with Gasteiger partial charge in [0.15, 0.2) is 0 Å². The molecule has 0 aromatic carbocycles. The van der Waals surface area contributed by atoms with Crippen LogP contribution in [0, 0.1) is 11.8 Å². The number of carbonyl (C=O) groups excluding carboxylic acids is 1. The van der Waals surface area contributed by atoms with Gasteiger partial charge < -0.3 is 10.6 Å². The molecule has 1 aliphatic rings. The Balaban J connectivity index is 0.00000121. The van der Waals surface area contributed by atoms with Crippen molar-refractivity contribution >= 4 is 18.3 Å². The summed E-state index contributed by atoms with van der Waals surface area (Å²) in [5, 5.41) is 5.97. The van der Waals surface area contributed by atoms with Crippen LogP contribution in [0.5, 0.6) is 0 Å². The van der Waals surface area contributed by atoms with Gasteiger partial charge in [0.05, 0.1) is 5.92 Å². The average molecular weight is 193 g/mol. The van der Waals surface area contributed by atoms with Gasteiger partial charge in [-0.2, -0.15) is 0 Å². The molecule has 0 aromatic heterocycles. The van der Waals surface area contributed by atoms with Gasteiger partial charge in [0, 0.05) is 19.6 Å². The van der Waals surface area contributed by atoms with Crippen molar-refractivity contribution in [2.45, 2.75) is 13.8 Å². The maximum Gasteiger partial charge on any atom is 0.225 e. The minimum atomic E-state index is 0. The van der Waals surface area contributed by atoms with Crippen molar-refractivity contribution in [2.24, 2.45) is 11.8 Å². The molecule has 72 valence electrons. The van der Waals surface area contributed by atoms with Crippen molar-refractivity contribution in [1.82, 2.24) is 10.6 Å². The van der Waals surface area contributed by atoms with Gasteiger partial charge in [0.2, 0.25) is 5.91 Å². The molecule has 0 aliphatic carbocycles. The Morgan fingerprint density at radius 1 is 1.58 bits per heavy atom. The average Bonchev–Trinajstić information content (AvgIpc) is 1.79. The van der Waals surface area contributed by atoms with E-state index in [1.807, 2.05) is 0 Å². The zero-order valence-electron chi connectivity index (χ0n) is 7.59. The van der Waals surface area contributed by atoms with E-state index in [2.05, 4.69) is 24.5 Å². The standard InChI is InChI=1S/C8H16N2O.ClH/c1-6(2)3-10-8(11)7-4-9-5-7;/h6-7,9H,3-5H2,1-2H3,(H,10,11);1H. The summed E-state index contributed by atoms with van der Waals surface area (Å²) in [4.78, 5) is 11.2. The van der Waals surface area contributed by atoms with Crippen molar-refractivity contribution in [3.8, 4) is 0 Å². The Labute approximate surface area is 79.7 Å². The van der Waals surface area contributed by atoms with Crippen molar-refractivity contribution in [2.75, 3.05) is 19.6 Å². The molecule has 0 unspecified atom stereocenters. The lowest BCUT2D eigenvalue weighted by Gasteiger charge is -2.26. The van der Waals surface area contributed by atoms with Crippen LogP contribution >= 0.6 is 12.4 Å². The summed E-state index contributed by atoms with van der Waals surface area (Å²) in [5.41, 5.74) is 0. The predicted molar refractivity (Wildman–Crippen MR) is 51.5 cm³/mol. The molecule has 1 saturated heterocycles. The molecule has 0 bridgehead atoms. The molecular weight excluding hydrogens is 176 g/mol. The first kappa shape index (κ1) is 11.7. The van der Waals surface area contributed by atoms with Gasteiger partial charge in [-0.1, -0.05) is 13.8 Å². The van der Waals surface area contributed by atoms with Gasteiger partial charge in [-0.3, -0.25) is 4.79 Å². The third-order valence-corrected chi connectivity index (χ3v) is 1.84. The van der Waals surface area contributed by atoms with E-state index >= 15 is 0 Å². The van der Waals surface area contributed by atoms with E-state index in [1.54, 1.807) is 0 Å². The number of hydrogen-bond donors (Lipinski definition) is 2. The highest BCUT2D eigenvalue weighted by Gasteiger charge is 2.24. The normalized spacial score (nSPS) is 16.6. The SMILES string of the molecule is CC(C)CNC(=O)C1CNC1.Cl. The summed E-state index contributed by atoms with van der Waals surface area (Å²) < 4.78 is 0. The lowest BCUT2D eigenvalue weighted by molar-refractivity contribution is -0.126. The third-order valence-electron chi connectivity index (χ3n) is 1.84. The molecule has 12 heavy (non-hydrogen) atoms. The van der Waals surface area contributed by atoms with Crippen LogP contribution in [-0.2, 0) is 4.79 Å². The van der Waals surface area contributed by atoms with Crippen molar-refractivity contribution in [3.05, 3.63) is 0 Å². The fourth-order valence-corrected chi connectivity index (χ4v) is 0.923. The second-order valence-electron chi connectivity index (χ2n) is 3.49. The number of hydrogen-bond acceptors (Lipinski definition) is 2. The molecule has 0 atom stereocenters. The van der Waals surface area contributed by atoms with Crippen LogP contribution in [0.1, 0.15) is 13.8 Å². The van der Waals surface area contributed by atoms with Crippen LogP contribution in [-0.4, -0.2) is 25.5 Å². The van der Waals surface area contributed by atoms with E-state index in [0.717, 1.165) is 19.6 Å². The van der Waals surface area contributed by atoms with Crippen LogP contribution in [0.15, 0.2) is 0 Å². The first-order valence-corrected chi connectivity index (χ1v) is 4.18. The molecule has 1 amide bonds. The molecule has 0 spiro atoms. The Morgan fingerprint density at radius 3 is 2.50 bits per heavy atom. The Kier molecular flexibility index (Phi) is 5.25. The summed E-state index contributed by atoms with van der Waals surface area (Å²) in [6.07, 6.45) is 0. The van der Waals surface area contributed by atoms with Crippen LogP contribution in [0.2, 0.25) is 0 Å². The van der Waals surface area contributed by atoms with Gasteiger partial charge in [0.25, 0.3) is 0 Å². The van der Waals surface area contributed by atoms with Crippen LogP contribution in [0.3, 0.4) is 0 Å². The highest BCUT2D eigenvalue weighted by molar-refractivity contribution is 5.85. The Hall–Kier alpha value is -0.280. The maximum atomic E-state index is 11.2.